The third-order valence-electron chi connectivity index (χ3n) is 3.66. The van der Waals surface area contributed by atoms with Crippen molar-refractivity contribution in [2.75, 3.05) is 5.32 Å². The molecule has 1 amide bonds. The van der Waals surface area contributed by atoms with Gasteiger partial charge in [-0.2, -0.15) is 5.10 Å². The molecule has 0 saturated carbocycles. The molecule has 1 aromatic carbocycles. The first kappa shape index (κ1) is 12.7. The van der Waals surface area contributed by atoms with Crippen LogP contribution in [-0.4, -0.2) is 21.7 Å². The van der Waals surface area contributed by atoms with Gasteiger partial charge in [0.15, 0.2) is 0 Å². The molecule has 0 unspecified atom stereocenters. The van der Waals surface area contributed by atoms with E-state index < -0.39 is 0 Å². The van der Waals surface area contributed by atoms with Crippen LogP contribution in [0.15, 0.2) is 30.5 Å². The summed E-state index contributed by atoms with van der Waals surface area (Å²) in [5.41, 5.74) is 4.27. The zero-order chi connectivity index (χ0) is 14.1. The number of carbonyl (C=O) groups is 1. The SMILES string of the molecule is Cc1nn(C)cc1CNC(=O)[C@@H]1Cc2ccccc2N1. The number of nitrogens with one attached hydrogen (secondary N) is 2. The number of carbonyl (C=O) groups excluding carboxylic acids is 1. The summed E-state index contributed by atoms with van der Waals surface area (Å²) in [5.74, 6) is 0.0319. The molecule has 5 heteroatoms. The highest BCUT2D eigenvalue weighted by atomic mass is 16.2. The zero-order valence-electron chi connectivity index (χ0n) is 11.7. The fourth-order valence-electron chi connectivity index (χ4n) is 2.58. The van der Waals surface area contributed by atoms with Crippen LogP contribution in [0.5, 0.6) is 0 Å². The Morgan fingerprint density at radius 3 is 3.00 bits per heavy atom. The van der Waals surface area contributed by atoms with Gasteiger partial charge in [0.2, 0.25) is 5.91 Å². The minimum atomic E-state index is -0.177. The van der Waals surface area contributed by atoms with Crippen molar-refractivity contribution >= 4 is 11.6 Å². The Bertz CT molecular complexity index is 622. The second-order valence-electron chi connectivity index (χ2n) is 5.19. The van der Waals surface area contributed by atoms with Crippen molar-refractivity contribution in [2.24, 2.45) is 7.05 Å². The molecule has 2 heterocycles. The van der Waals surface area contributed by atoms with E-state index in [9.17, 15) is 4.79 Å². The number of fused-ring (bicyclic) bond motifs is 1. The highest BCUT2D eigenvalue weighted by Crippen LogP contribution is 2.25. The molecule has 2 aromatic rings. The van der Waals surface area contributed by atoms with Crippen LogP contribution in [0.2, 0.25) is 0 Å². The number of aryl methyl sites for hydroxylation is 2. The van der Waals surface area contributed by atoms with Crippen LogP contribution >= 0.6 is 0 Å². The van der Waals surface area contributed by atoms with Gasteiger partial charge in [0.05, 0.1) is 5.69 Å². The first-order valence-electron chi connectivity index (χ1n) is 6.75. The summed E-state index contributed by atoms with van der Waals surface area (Å²) >= 11 is 0. The van der Waals surface area contributed by atoms with Crippen molar-refractivity contribution in [3.63, 3.8) is 0 Å². The minimum absolute atomic E-state index is 0.0319. The lowest BCUT2D eigenvalue weighted by Crippen LogP contribution is -2.38. The topological polar surface area (TPSA) is 59.0 Å². The monoisotopic (exact) mass is 270 g/mol. The van der Waals surface area contributed by atoms with Gasteiger partial charge in [0.25, 0.3) is 0 Å². The Morgan fingerprint density at radius 2 is 2.30 bits per heavy atom. The standard InChI is InChI=1S/C15H18N4O/c1-10-12(9-19(2)18-10)8-16-15(20)14-7-11-5-3-4-6-13(11)17-14/h3-6,9,14,17H,7-8H2,1-2H3,(H,16,20)/t14-/m0/s1. The highest BCUT2D eigenvalue weighted by molar-refractivity contribution is 5.87. The van der Waals surface area contributed by atoms with E-state index in [4.69, 9.17) is 0 Å². The Morgan fingerprint density at radius 1 is 1.50 bits per heavy atom. The lowest BCUT2D eigenvalue weighted by molar-refractivity contribution is -0.121. The predicted molar refractivity (Wildman–Crippen MR) is 77.3 cm³/mol. The number of rotatable bonds is 3. The number of hydrogen-bond acceptors (Lipinski definition) is 3. The molecular formula is C15H18N4O. The number of nitrogens with zero attached hydrogens (tertiary/aromatic N) is 2. The molecule has 0 fully saturated rings. The lowest BCUT2D eigenvalue weighted by Gasteiger charge is -2.11. The van der Waals surface area contributed by atoms with Crippen LogP contribution < -0.4 is 10.6 Å². The Hall–Kier alpha value is -2.30. The molecule has 0 radical (unpaired) electrons. The second-order valence-corrected chi connectivity index (χ2v) is 5.19. The van der Waals surface area contributed by atoms with Gasteiger partial charge in [-0.15, -0.1) is 0 Å². The van der Waals surface area contributed by atoms with Gasteiger partial charge >= 0.3 is 0 Å². The van der Waals surface area contributed by atoms with Crippen LogP contribution in [0.4, 0.5) is 5.69 Å². The normalized spacial score (nSPS) is 16.6. The number of aromatic nitrogens is 2. The van der Waals surface area contributed by atoms with Gasteiger partial charge in [0, 0.05) is 37.5 Å². The van der Waals surface area contributed by atoms with E-state index in [0.29, 0.717) is 6.54 Å². The van der Waals surface area contributed by atoms with E-state index in [-0.39, 0.29) is 11.9 Å². The first-order valence-corrected chi connectivity index (χ1v) is 6.75. The molecule has 1 aliphatic rings. The van der Waals surface area contributed by atoms with Crippen LogP contribution in [0.1, 0.15) is 16.8 Å². The fourth-order valence-corrected chi connectivity index (χ4v) is 2.58. The largest absolute Gasteiger partial charge is 0.373 e. The van der Waals surface area contributed by atoms with Gasteiger partial charge in [-0.05, 0) is 18.6 Å². The average molecular weight is 270 g/mol. The van der Waals surface area contributed by atoms with E-state index in [1.807, 2.05) is 38.4 Å². The maximum Gasteiger partial charge on any atom is 0.243 e. The molecule has 2 N–H and O–H groups in total. The third-order valence-corrected chi connectivity index (χ3v) is 3.66. The summed E-state index contributed by atoms with van der Waals surface area (Å²) < 4.78 is 1.76. The van der Waals surface area contributed by atoms with Crippen molar-refractivity contribution < 1.29 is 4.79 Å². The number of amides is 1. The molecule has 3 rings (SSSR count). The zero-order valence-corrected chi connectivity index (χ0v) is 11.7. The van der Waals surface area contributed by atoms with Crippen LogP contribution in [-0.2, 0) is 24.8 Å². The molecule has 0 bridgehead atoms. The van der Waals surface area contributed by atoms with Crippen molar-refractivity contribution in [1.82, 2.24) is 15.1 Å². The highest BCUT2D eigenvalue weighted by Gasteiger charge is 2.26. The van der Waals surface area contributed by atoms with E-state index in [1.165, 1.54) is 5.56 Å². The molecule has 1 aliphatic heterocycles. The molecule has 104 valence electrons. The van der Waals surface area contributed by atoms with E-state index >= 15 is 0 Å². The minimum Gasteiger partial charge on any atom is -0.373 e. The Labute approximate surface area is 118 Å². The number of benzene rings is 1. The maximum absolute atomic E-state index is 12.2. The molecule has 1 aromatic heterocycles. The van der Waals surface area contributed by atoms with E-state index in [1.54, 1.807) is 4.68 Å². The summed E-state index contributed by atoms with van der Waals surface area (Å²) in [6, 6.07) is 7.86. The summed E-state index contributed by atoms with van der Waals surface area (Å²) in [6.45, 7) is 2.47. The summed E-state index contributed by atoms with van der Waals surface area (Å²) in [4.78, 5) is 12.2. The van der Waals surface area contributed by atoms with E-state index in [0.717, 1.165) is 23.4 Å². The van der Waals surface area contributed by atoms with Crippen LogP contribution in [0, 0.1) is 6.92 Å². The molecule has 20 heavy (non-hydrogen) atoms. The Balaban J connectivity index is 1.60. The summed E-state index contributed by atoms with van der Waals surface area (Å²) in [7, 11) is 1.88. The van der Waals surface area contributed by atoms with Crippen molar-refractivity contribution in [3.05, 3.63) is 47.3 Å². The van der Waals surface area contributed by atoms with Crippen molar-refractivity contribution in [1.29, 1.82) is 0 Å². The van der Waals surface area contributed by atoms with Gasteiger partial charge in [-0.1, -0.05) is 18.2 Å². The van der Waals surface area contributed by atoms with Crippen LogP contribution in [0.3, 0.4) is 0 Å². The maximum atomic E-state index is 12.2. The molecule has 0 saturated heterocycles. The molecular weight excluding hydrogens is 252 g/mol. The molecule has 5 nitrogen and oxygen atoms in total. The molecule has 1 atom stereocenters. The Kier molecular flexibility index (Phi) is 3.18. The average Bonchev–Trinajstić information content (AvgIpc) is 2.99. The van der Waals surface area contributed by atoms with Gasteiger partial charge < -0.3 is 10.6 Å². The summed E-state index contributed by atoms with van der Waals surface area (Å²) in [6.07, 6.45) is 2.68. The second kappa shape index (κ2) is 5.00. The quantitative estimate of drug-likeness (QED) is 0.886. The first-order chi connectivity index (χ1) is 9.63. The van der Waals surface area contributed by atoms with Crippen LogP contribution in [0.25, 0.3) is 0 Å². The van der Waals surface area contributed by atoms with E-state index in [2.05, 4.69) is 21.8 Å². The lowest BCUT2D eigenvalue weighted by atomic mass is 10.1. The molecule has 0 spiro atoms. The van der Waals surface area contributed by atoms with Crippen molar-refractivity contribution in [3.8, 4) is 0 Å². The number of anilines is 1. The molecule has 0 aliphatic carbocycles. The summed E-state index contributed by atoms with van der Waals surface area (Å²) in [5, 5.41) is 10.5. The predicted octanol–water partition coefficient (Wildman–Crippen LogP) is 1.38. The van der Waals surface area contributed by atoms with Gasteiger partial charge in [-0.3, -0.25) is 9.48 Å². The number of para-hydroxylation sites is 1. The smallest absolute Gasteiger partial charge is 0.243 e. The van der Waals surface area contributed by atoms with Gasteiger partial charge in [0.1, 0.15) is 6.04 Å². The van der Waals surface area contributed by atoms with Gasteiger partial charge in [-0.25, -0.2) is 0 Å². The fraction of sp³-hybridized carbons (Fsp3) is 0.333. The third kappa shape index (κ3) is 2.39. The number of hydrogen-bond donors (Lipinski definition) is 2. The van der Waals surface area contributed by atoms with Crippen molar-refractivity contribution in [2.45, 2.75) is 25.9 Å².